The second-order valence-electron chi connectivity index (χ2n) is 11.2. The number of rotatable bonds is 22. The molecule has 0 aliphatic heterocycles. The van der Waals surface area contributed by atoms with Crippen molar-refractivity contribution in [2.24, 2.45) is 0 Å². The molecule has 0 radical (unpaired) electrons. The summed E-state index contributed by atoms with van der Waals surface area (Å²) in [4.78, 5) is 12.1. The molecule has 228 valence electrons. The first-order chi connectivity index (χ1) is 20.7. The van der Waals surface area contributed by atoms with Crippen molar-refractivity contribution >= 4 is 5.97 Å². The summed E-state index contributed by atoms with van der Waals surface area (Å²) < 4.78 is 16.4. The molecule has 0 amide bonds. The van der Waals surface area contributed by atoms with Crippen LogP contribution in [0.1, 0.15) is 103 Å². The third-order valence-corrected chi connectivity index (χ3v) is 7.83. The van der Waals surface area contributed by atoms with Gasteiger partial charge in [0, 0.05) is 0 Å². The molecule has 0 bridgehead atoms. The number of carbonyl (C=O) groups excluding carboxylic acids is 1. The number of esters is 1. The monoisotopic (exact) mass is 572 g/mol. The third-order valence-electron chi connectivity index (χ3n) is 7.83. The first-order valence-corrected chi connectivity index (χ1v) is 16.3. The maximum Gasteiger partial charge on any atom is 0.309 e. The Morgan fingerprint density at radius 3 is 1.31 bits per heavy atom. The van der Waals surface area contributed by atoms with E-state index in [4.69, 9.17) is 14.2 Å². The SMILES string of the molecule is CCCCCCCCCCCCCCCCOC(=O)CCOc1ccc(-c2ccc(-c3ccc(OC)cc3)cc2)cc1. The number of ether oxygens (including phenoxy) is 3. The lowest BCUT2D eigenvalue weighted by molar-refractivity contribution is -0.144. The van der Waals surface area contributed by atoms with Gasteiger partial charge >= 0.3 is 5.97 Å². The van der Waals surface area contributed by atoms with Gasteiger partial charge in [-0.3, -0.25) is 4.79 Å². The van der Waals surface area contributed by atoms with Crippen LogP contribution in [0.2, 0.25) is 0 Å². The summed E-state index contributed by atoms with van der Waals surface area (Å²) in [5, 5.41) is 0. The van der Waals surface area contributed by atoms with Crippen LogP contribution in [-0.2, 0) is 9.53 Å². The first kappa shape index (κ1) is 33.2. The molecular formula is C38H52O4. The second kappa shape index (κ2) is 20.6. The largest absolute Gasteiger partial charge is 0.497 e. The predicted molar refractivity (Wildman–Crippen MR) is 175 cm³/mol. The molecule has 0 atom stereocenters. The standard InChI is InChI=1S/C38H52O4/c1-3-4-5-6-7-8-9-10-11-12-13-14-15-16-30-42-38(39)29-31-41-37-27-23-35(24-28-37)33-19-17-32(18-20-33)34-21-25-36(40-2)26-22-34/h17-28H,3-16,29-31H2,1-2H3. The van der Waals surface area contributed by atoms with Crippen molar-refractivity contribution in [1.82, 2.24) is 0 Å². The molecule has 3 aromatic rings. The Morgan fingerprint density at radius 1 is 0.500 bits per heavy atom. The van der Waals surface area contributed by atoms with Crippen molar-refractivity contribution in [3.05, 3.63) is 72.8 Å². The molecule has 0 unspecified atom stereocenters. The molecule has 0 N–H and O–H groups in total. The van der Waals surface area contributed by atoms with Gasteiger partial charge in [-0.25, -0.2) is 0 Å². The summed E-state index contributed by atoms with van der Waals surface area (Å²) >= 11 is 0. The number of methoxy groups -OCH3 is 1. The molecule has 4 heteroatoms. The van der Waals surface area contributed by atoms with Gasteiger partial charge in [0.15, 0.2) is 0 Å². The highest BCUT2D eigenvalue weighted by Gasteiger charge is 2.05. The Balaban J connectivity index is 1.19. The van der Waals surface area contributed by atoms with Crippen LogP contribution in [0.25, 0.3) is 22.3 Å². The fraction of sp³-hybridized carbons (Fsp3) is 0.500. The van der Waals surface area contributed by atoms with E-state index in [-0.39, 0.29) is 12.4 Å². The molecule has 0 heterocycles. The van der Waals surface area contributed by atoms with Gasteiger partial charge in [-0.15, -0.1) is 0 Å². The van der Waals surface area contributed by atoms with E-state index in [0.29, 0.717) is 13.2 Å². The van der Waals surface area contributed by atoms with Gasteiger partial charge in [-0.2, -0.15) is 0 Å². The van der Waals surface area contributed by atoms with Crippen molar-refractivity contribution in [2.45, 2.75) is 103 Å². The molecule has 0 aromatic heterocycles. The van der Waals surface area contributed by atoms with Gasteiger partial charge in [0.25, 0.3) is 0 Å². The minimum atomic E-state index is -0.182. The zero-order valence-corrected chi connectivity index (χ0v) is 26.1. The average molecular weight is 573 g/mol. The maximum absolute atomic E-state index is 12.1. The Morgan fingerprint density at radius 2 is 0.881 bits per heavy atom. The van der Waals surface area contributed by atoms with E-state index in [1.54, 1.807) is 7.11 Å². The van der Waals surface area contributed by atoms with Crippen molar-refractivity contribution < 1.29 is 19.0 Å². The van der Waals surface area contributed by atoms with Crippen LogP contribution < -0.4 is 9.47 Å². The Labute approximate surface area is 254 Å². The highest BCUT2D eigenvalue weighted by Crippen LogP contribution is 2.27. The van der Waals surface area contributed by atoms with E-state index in [2.05, 4.69) is 43.3 Å². The molecule has 3 rings (SSSR count). The van der Waals surface area contributed by atoms with E-state index < -0.39 is 0 Å². The van der Waals surface area contributed by atoms with Crippen molar-refractivity contribution in [3.8, 4) is 33.8 Å². The lowest BCUT2D eigenvalue weighted by atomic mass is 10.0. The van der Waals surface area contributed by atoms with Crippen LogP contribution in [0.5, 0.6) is 11.5 Å². The molecule has 0 spiro atoms. The summed E-state index contributed by atoms with van der Waals surface area (Å²) in [5.74, 6) is 1.43. The summed E-state index contributed by atoms with van der Waals surface area (Å²) in [6.07, 6.45) is 18.8. The topological polar surface area (TPSA) is 44.8 Å². The number of carbonyl (C=O) groups is 1. The number of benzene rings is 3. The summed E-state index contributed by atoms with van der Waals surface area (Å²) in [7, 11) is 1.68. The number of hydrogen-bond donors (Lipinski definition) is 0. The fourth-order valence-electron chi connectivity index (χ4n) is 5.19. The molecule has 0 aliphatic rings. The van der Waals surface area contributed by atoms with Crippen LogP contribution in [0.15, 0.2) is 72.8 Å². The van der Waals surface area contributed by atoms with E-state index in [1.807, 2.05) is 36.4 Å². The van der Waals surface area contributed by atoms with Crippen LogP contribution in [0.3, 0.4) is 0 Å². The molecule has 4 nitrogen and oxygen atoms in total. The Hall–Kier alpha value is -3.27. The quantitative estimate of drug-likeness (QED) is 0.0887. The van der Waals surface area contributed by atoms with Gasteiger partial charge in [0.05, 0.1) is 26.7 Å². The van der Waals surface area contributed by atoms with E-state index in [1.165, 1.54) is 77.0 Å². The molecule has 42 heavy (non-hydrogen) atoms. The van der Waals surface area contributed by atoms with Crippen LogP contribution in [-0.4, -0.2) is 26.3 Å². The normalized spacial score (nSPS) is 10.9. The third kappa shape index (κ3) is 13.1. The average Bonchev–Trinajstić information content (AvgIpc) is 3.03. The van der Waals surface area contributed by atoms with Crippen LogP contribution in [0, 0.1) is 0 Å². The maximum atomic E-state index is 12.1. The molecule has 0 saturated heterocycles. The van der Waals surface area contributed by atoms with Crippen molar-refractivity contribution in [2.75, 3.05) is 20.3 Å². The van der Waals surface area contributed by atoms with Gasteiger partial charge in [0.1, 0.15) is 11.5 Å². The fourth-order valence-corrected chi connectivity index (χ4v) is 5.19. The van der Waals surface area contributed by atoms with Gasteiger partial charge in [-0.05, 0) is 52.9 Å². The number of hydrogen-bond acceptors (Lipinski definition) is 4. The zero-order chi connectivity index (χ0) is 29.7. The Bertz CT molecular complexity index is 1100. The smallest absolute Gasteiger partial charge is 0.309 e. The van der Waals surface area contributed by atoms with E-state index >= 15 is 0 Å². The van der Waals surface area contributed by atoms with Gasteiger partial charge < -0.3 is 14.2 Å². The molecular weight excluding hydrogens is 520 g/mol. The predicted octanol–water partition coefficient (Wildman–Crippen LogP) is 10.8. The minimum Gasteiger partial charge on any atom is -0.497 e. The molecule has 3 aromatic carbocycles. The van der Waals surface area contributed by atoms with Gasteiger partial charge in [-0.1, -0.05) is 139 Å². The Kier molecular flexibility index (Phi) is 16.3. The van der Waals surface area contributed by atoms with Crippen LogP contribution >= 0.6 is 0 Å². The molecule has 0 aliphatic carbocycles. The summed E-state index contributed by atoms with van der Waals surface area (Å²) in [5.41, 5.74) is 4.59. The summed E-state index contributed by atoms with van der Waals surface area (Å²) in [6, 6.07) is 24.6. The number of unbranched alkanes of at least 4 members (excludes halogenated alkanes) is 13. The van der Waals surface area contributed by atoms with Crippen molar-refractivity contribution in [3.63, 3.8) is 0 Å². The van der Waals surface area contributed by atoms with Gasteiger partial charge in [0.2, 0.25) is 0 Å². The van der Waals surface area contributed by atoms with Crippen molar-refractivity contribution in [1.29, 1.82) is 0 Å². The lowest BCUT2D eigenvalue weighted by Crippen LogP contribution is -2.10. The summed E-state index contributed by atoms with van der Waals surface area (Å²) in [6.45, 7) is 3.12. The molecule has 0 fully saturated rings. The highest BCUT2D eigenvalue weighted by atomic mass is 16.5. The zero-order valence-electron chi connectivity index (χ0n) is 26.1. The second-order valence-corrected chi connectivity index (χ2v) is 11.2. The highest BCUT2D eigenvalue weighted by molar-refractivity contribution is 5.71. The van der Waals surface area contributed by atoms with E-state index in [0.717, 1.165) is 46.6 Å². The minimum absolute atomic E-state index is 0.182. The van der Waals surface area contributed by atoms with E-state index in [9.17, 15) is 4.79 Å². The first-order valence-electron chi connectivity index (χ1n) is 16.3. The molecule has 0 saturated carbocycles. The lowest BCUT2D eigenvalue weighted by Gasteiger charge is -2.09. The van der Waals surface area contributed by atoms with Crippen LogP contribution in [0.4, 0.5) is 0 Å².